The maximum Gasteiger partial charge on any atom is 0.156 e. The molecule has 0 unspecified atom stereocenters. The average Bonchev–Trinajstić information content (AvgIpc) is 2.99. The van der Waals surface area contributed by atoms with Gasteiger partial charge in [-0.1, -0.05) is 17.3 Å². The Kier molecular flexibility index (Phi) is 2.81. The molecule has 2 heterocycles. The minimum atomic E-state index is 0.725. The van der Waals surface area contributed by atoms with Crippen molar-refractivity contribution in [2.75, 3.05) is 0 Å². The first-order valence-electron chi connectivity index (χ1n) is 7.10. The summed E-state index contributed by atoms with van der Waals surface area (Å²) >= 11 is 0. The minimum Gasteiger partial charge on any atom is -0.359 e. The van der Waals surface area contributed by atoms with E-state index in [4.69, 9.17) is 4.52 Å². The molecule has 0 atom stereocenters. The van der Waals surface area contributed by atoms with Gasteiger partial charge in [0.05, 0.1) is 12.7 Å². The number of aromatic nitrogens is 2. The first-order valence-corrected chi connectivity index (χ1v) is 7.10. The van der Waals surface area contributed by atoms with Crippen LogP contribution in [0.4, 0.5) is 0 Å². The summed E-state index contributed by atoms with van der Waals surface area (Å²) < 4.78 is 7.39. The molecule has 102 valence electrons. The lowest BCUT2D eigenvalue weighted by Gasteiger charge is -2.07. The topological polar surface area (TPSA) is 43.0 Å². The molecule has 1 fully saturated rings. The molecule has 4 rings (SSSR count). The molecule has 1 aromatic carbocycles. The fraction of sp³-hybridized carbons (Fsp3) is 0.312. The Bertz CT molecular complexity index is 710. The lowest BCUT2D eigenvalue weighted by atomic mass is 10.1. The lowest BCUT2D eigenvalue weighted by Crippen LogP contribution is -2.15. The van der Waals surface area contributed by atoms with E-state index in [2.05, 4.69) is 45.5 Å². The van der Waals surface area contributed by atoms with Crippen LogP contribution in [-0.2, 0) is 13.1 Å². The zero-order valence-corrected chi connectivity index (χ0v) is 11.2. The number of hydrogen-bond donors (Lipinski definition) is 1. The van der Waals surface area contributed by atoms with Crippen LogP contribution < -0.4 is 5.32 Å². The Balaban J connectivity index is 1.64. The Labute approximate surface area is 117 Å². The van der Waals surface area contributed by atoms with Crippen molar-refractivity contribution in [3.63, 3.8) is 0 Å². The smallest absolute Gasteiger partial charge is 0.156 e. The zero-order chi connectivity index (χ0) is 13.4. The molecule has 1 aliphatic carbocycles. The van der Waals surface area contributed by atoms with Gasteiger partial charge < -0.3 is 14.4 Å². The van der Waals surface area contributed by atoms with E-state index in [0.29, 0.717) is 0 Å². The number of benzene rings is 1. The summed E-state index contributed by atoms with van der Waals surface area (Å²) in [7, 11) is 0. The largest absolute Gasteiger partial charge is 0.359 e. The van der Waals surface area contributed by atoms with Crippen molar-refractivity contribution in [3.05, 3.63) is 54.0 Å². The molecule has 1 aliphatic rings. The van der Waals surface area contributed by atoms with Gasteiger partial charge in [-0.25, -0.2) is 0 Å². The van der Waals surface area contributed by atoms with E-state index in [1.54, 1.807) is 6.20 Å². The van der Waals surface area contributed by atoms with E-state index in [-0.39, 0.29) is 0 Å². The van der Waals surface area contributed by atoms with Gasteiger partial charge in [-0.15, -0.1) is 0 Å². The van der Waals surface area contributed by atoms with Gasteiger partial charge in [0, 0.05) is 35.8 Å². The Morgan fingerprint density at radius 1 is 1.25 bits per heavy atom. The van der Waals surface area contributed by atoms with Crippen molar-refractivity contribution in [3.8, 4) is 0 Å². The number of nitrogens with one attached hydrogen (secondary N) is 1. The van der Waals surface area contributed by atoms with Crippen LogP contribution in [0.5, 0.6) is 0 Å². The van der Waals surface area contributed by atoms with E-state index in [1.807, 2.05) is 6.07 Å². The van der Waals surface area contributed by atoms with Gasteiger partial charge in [0.15, 0.2) is 5.76 Å². The highest BCUT2D eigenvalue weighted by molar-refractivity contribution is 5.83. The summed E-state index contributed by atoms with van der Waals surface area (Å²) in [5.74, 6) is 0.879. The third-order valence-electron chi connectivity index (χ3n) is 3.88. The van der Waals surface area contributed by atoms with Crippen molar-refractivity contribution in [2.24, 2.45) is 0 Å². The summed E-state index contributed by atoms with van der Waals surface area (Å²) in [4.78, 5) is 0. The molecule has 0 bridgehead atoms. The SMILES string of the molecule is c1cc(CNC2CC2)c2ccn(Cc3ccno3)c2c1. The van der Waals surface area contributed by atoms with Crippen LogP contribution >= 0.6 is 0 Å². The summed E-state index contributed by atoms with van der Waals surface area (Å²) in [6, 6.07) is 11.3. The maximum absolute atomic E-state index is 5.19. The van der Waals surface area contributed by atoms with Crippen molar-refractivity contribution in [1.82, 2.24) is 15.0 Å². The maximum atomic E-state index is 5.19. The van der Waals surface area contributed by atoms with E-state index in [9.17, 15) is 0 Å². The first-order chi connectivity index (χ1) is 9.90. The minimum absolute atomic E-state index is 0.725. The van der Waals surface area contributed by atoms with Crippen molar-refractivity contribution >= 4 is 10.9 Å². The van der Waals surface area contributed by atoms with Gasteiger partial charge in [0.25, 0.3) is 0 Å². The Morgan fingerprint density at radius 3 is 3.00 bits per heavy atom. The fourth-order valence-corrected chi connectivity index (χ4v) is 2.61. The van der Waals surface area contributed by atoms with Crippen LogP contribution in [0.2, 0.25) is 0 Å². The highest BCUT2D eigenvalue weighted by Gasteiger charge is 2.20. The Hall–Kier alpha value is -2.07. The molecule has 1 N–H and O–H groups in total. The van der Waals surface area contributed by atoms with Gasteiger partial charge >= 0.3 is 0 Å². The molecular formula is C16H17N3O. The fourth-order valence-electron chi connectivity index (χ4n) is 2.61. The second kappa shape index (κ2) is 4.80. The zero-order valence-electron chi connectivity index (χ0n) is 11.2. The van der Waals surface area contributed by atoms with Crippen LogP contribution in [0.3, 0.4) is 0 Å². The van der Waals surface area contributed by atoms with E-state index in [0.717, 1.165) is 24.9 Å². The van der Waals surface area contributed by atoms with Crippen LogP contribution in [-0.4, -0.2) is 15.8 Å². The van der Waals surface area contributed by atoms with E-state index < -0.39 is 0 Å². The normalized spacial score (nSPS) is 15.0. The summed E-state index contributed by atoms with van der Waals surface area (Å²) in [6.07, 6.45) is 6.45. The number of hydrogen-bond acceptors (Lipinski definition) is 3. The third kappa shape index (κ3) is 2.23. The first kappa shape index (κ1) is 11.7. The van der Waals surface area contributed by atoms with Crippen molar-refractivity contribution < 1.29 is 4.52 Å². The molecule has 3 aromatic rings. The standard InChI is InChI=1S/C16H17N3O/c1-2-12(10-17-13-4-5-13)15-7-9-19(16(15)3-1)11-14-6-8-18-20-14/h1-3,6-9,13,17H,4-5,10-11H2. The number of nitrogens with zero attached hydrogens (tertiary/aromatic N) is 2. The summed E-state index contributed by atoms with van der Waals surface area (Å²) in [5.41, 5.74) is 2.61. The van der Waals surface area contributed by atoms with Gasteiger partial charge in [0.1, 0.15) is 0 Å². The van der Waals surface area contributed by atoms with Gasteiger partial charge in [-0.3, -0.25) is 0 Å². The lowest BCUT2D eigenvalue weighted by molar-refractivity contribution is 0.378. The summed E-state index contributed by atoms with van der Waals surface area (Å²) in [6.45, 7) is 1.68. The predicted octanol–water partition coefficient (Wildman–Crippen LogP) is 2.93. The van der Waals surface area contributed by atoms with Gasteiger partial charge in [-0.2, -0.15) is 0 Å². The van der Waals surface area contributed by atoms with Crippen LogP contribution in [0.1, 0.15) is 24.2 Å². The number of fused-ring (bicyclic) bond motifs is 1. The molecule has 4 heteroatoms. The van der Waals surface area contributed by atoms with Crippen molar-refractivity contribution in [1.29, 1.82) is 0 Å². The van der Waals surface area contributed by atoms with E-state index >= 15 is 0 Å². The molecule has 0 aliphatic heterocycles. The van der Waals surface area contributed by atoms with Crippen LogP contribution in [0.15, 0.2) is 47.2 Å². The molecule has 0 saturated heterocycles. The molecule has 4 nitrogen and oxygen atoms in total. The molecule has 1 saturated carbocycles. The highest BCUT2D eigenvalue weighted by Crippen LogP contribution is 2.23. The molecule has 0 amide bonds. The van der Waals surface area contributed by atoms with Crippen LogP contribution in [0, 0.1) is 0 Å². The molecule has 2 aromatic heterocycles. The highest BCUT2D eigenvalue weighted by atomic mass is 16.5. The molecule has 0 radical (unpaired) electrons. The average molecular weight is 267 g/mol. The molecular weight excluding hydrogens is 250 g/mol. The van der Waals surface area contributed by atoms with Gasteiger partial charge in [-0.05, 0) is 30.5 Å². The second-order valence-electron chi connectivity index (χ2n) is 5.43. The summed E-state index contributed by atoms with van der Waals surface area (Å²) in [5, 5.41) is 8.66. The Morgan fingerprint density at radius 2 is 2.20 bits per heavy atom. The van der Waals surface area contributed by atoms with Crippen LogP contribution in [0.25, 0.3) is 10.9 Å². The molecule has 20 heavy (non-hydrogen) atoms. The van der Waals surface area contributed by atoms with Crippen molar-refractivity contribution in [2.45, 2.75) is 32.0 Å². The van der Waals surface area contributed by atoms with E-state index in [1.165, 1.54) is 29.3 Å². The molecule has 0 spiro atoms. The monoisotopic (exact) mass is 267 g/mol. The van der Waals surface area contributed by atoms with Gasteiger partial charge in [0.2, 0.25) is 0 Å². The predicted molar refractivity (Wildman–Crippen MR) is 77.4 cm³/mol. The second-order valence-corrected chi connectivity index (χ2v) is 5.43. The number of rotatable bonds is 5. The third-order valence-corrected chi connectivity index (χ3v) is 3.88. The quantitative estimate of drug-likeness (QED) is 0.773.